The highest BCUT2D eigenvalue weighted by Gasteiger charge is 2.13. The Balaban J connectivity index is 2.51. The largest absolute Gasteiger partial charge is 0.339 e. The molecule has 0 spiro atoms. The number of likely N-dealkylation sites (tertiary alicyclic amines) is 1. The summed E-state index contributed by atoms with van der Waals surface area (Å²) in [7, 11) is 0. The van der Waals surface area contributed by atoms with Crippen LogP contribution >= 0.6 is 0 Å². The number of nitrogens with zero attached hydrogens (tertiary/aromatic N) is 1. The molecule has 0 radical (unpaired) electrons. The van der Waals surface area contributed by atoms with Gasteiger partial charge in [-0.15, -0.1) is 0 Å². The minimum absolute atomic E-state index is 0.0460. The van der Waals surface area contributed by atoms with Crippen molar-refractivity contribution in [1.29, 1.82) is 0 Å². The van der Waals surface area contributed by atoms with Gasteiger partial charge in [-0.25, -0.2) is 0 Å². The Labute approximate surface area is 73.6 Å². The normalized spacial score (nSPS) is 18.7. The summed E-state index contributed by atoms with van der Waals surface area (Å²) in [6.45, 7) is 9.06. The van der Waals surface area contributed by atoms with Gasteiger partial charge in [0, 0.05) is 13.1 Å². The van der Waals surface area contributed by atoms with Crippen molar-refractivity contribution >= 4 is 5.91 Å². The van der Waals surface area contributed by atoms with Gasteiger partial charge in [-0.3, -0.25) is 4.79 Å². The maximum atomic E-state index is 11.2. The molecular weight excluding hydrogens is 150 g/mol. The van der Waals surface area contributed by atoms with Crippen molar-refractivity contribution < 1.29 is 4.79 Å². The number of carbonyl (C=O) groups is 1. The molecule has 0 saturated carbocycles. The summed E-state index contributed by atoms with van der Waals surface area (Å²) in [5.74, 6) is 0.0460. The molecule has 0 unspecified atom stereocenters. The van der Waals surface area contributed by atoms with E-state index in [-0.39, 0.29) is 5.91 Å². The van der Waals surface area contributed by atoms with E-state index in [1.807, 2.05) is 4.90 Å². The quantitative estimate of drug-likeness (QED) is 0.428. The molecule has 0 aromatic carbocycles. The lowest BCUT2D eigenvalue weighted by atomic mass is 10.1. The fourth-order valence-corrected chi connectivity index (χ4v) is 1.40. The van der Waals surface area contributed by atoms with E-state index in [2.05, 4.69) is 13.2 Å². The maximum Gasteiger partial charge on any atom is 0.245 e. The van der Waals surface area contributed by atoms with E-state index in [0.29, 0.717) is 0 Å². The molecule has 1 rings (SSSR count). The maximum absolute atomic E-state index is 11.2. The number of hydrogen-bond donors (Lipinski definition) is 0. The van der Waals surface area contributed by atoms with Crippen LogP contribution < -0.4 is 0 Å². The molecule has 1 aliphatic heterocycles. The number of amides is 1. The van der Waals surface area contributed by atoms with Crippen LogP contribution in [0.3, 0.4) is 0 Å². The van der Waals surface area contributed by atoms with Crippen molar-refractivity contribution in [1.82, 2.24) is 4.90 Å². The Hall–Kier alpha value is -1.05. The van der Waals surface area contributed by atoms with Crippen molar-refractivity contribution in [2.24, 2.45) is 0 Å². The summed E-state index contributed by atoms with van der Waals surface area (Å²) in [5, 5.41) is 0. The van der Waals surface area contributed by atoms with E-state index < -0.39 is 0 Å². The molecule has 0 aliphatic carbocycles. The van der Waals surface area contributed by atoms with Gasteiger partial charge in [0.2, 0.25) is 5.91 Å². The topological polar surface area (TPSA) is 20.3 Å². The number of rotatable bonds is 1. The van der Waals surface area contributed by atoms with Crippen molar-refractivity contribution in [3.8, 4) is 0 Å². The molecule has 0 aromatic heterocycles. The average molecular weight is 165 g/mol. The first-order valence-corrected chi connectivity index (χ1v) is 4.32. The van der Waals surface area contributed by atoms with Crippen molar-refractivity contribution in [2.75, 3.05) is 13.1 Å². The molecule has 66 valence electrons. The zero-order valence-electron chi connectivity index (χ0n) is 7.38. The van der Waals surface area contributed by atoms with Crippen LogP contribution in [-0.2, 0) is 4.79 Å². The van der Waals surface area contributed by atoms with Gasteiger partial charge in [0.1, 0.15) is 0 Å². The SMILES string of the molecule is C=CC(=O)N1CCCC(=C)CC1. The first-order chi connectivity index (χ1) is 5.74. The second kappa shape index (κ2) is 4.10. The molecule has 1 heterocycles. The van der Waals surface area contributed by atoms with Crippen LogP contribution in [0.5, 0.6) is 0 Å². The van der Waals surface area contributed by atoms with E-state index >= 15 is 0 Å². The summed E-state index contributed by atoms with van der Waals surface area (Å²) in [6.07, 6.45) is 4.42. The van der Waals surface area contributed by atoms with Gasteiger partial charge in [-0.05, 0) is 25.3 Å². The van der Waals surface area contributed by atoms with E-state index in [0.717, 1.165) is 32.4 Å². The van der Waals surface area contributed by atoms with Crippen LogP contribution in [0.2, 0.25) is 0 Å². The second-order valence-electron chi connectivity index (χ2n) is 3.13. The standard InChI is InChI=1S/C10H15NO/c1-3-10(12)11-7-4-5-9(2)6-8-11/h3H,1-2,4-8H2. The molecule has 1 aliphatic rings. The zero-order valence-corrected chi connectivity index (χ0v) is 7.38. The van der Waals surface area contributed by atoms with Crippen LogP contribution in [0.15, 0.2) is 24.8 Å². The van der Waals surface area contributed by atoms with E-state index in [1.165, 1.54) is 11.6 Å². The second-order valence-corrected chi connectivity index (χ2v) is 3.13. The third kappa shape index (κ3) is 2.22. The van der Waals surface area contributed by atoms with E-state index in [9.17, 15) is 4.79 Å². The van der Waals surface area contributed by atoms with Gasteiger partial charge < -0.3 is 4.90 Å². The lowest BCUT2D eigenvalue weighted by Crippen LogP contribution is -2.29. The van der Waals surface area contributed by atoms with Crippen molar-refractivity contribution in [3.05, 3.63) is 24.8 Å². The van der Waals surface area contributed by atoms with E-state index in [1.54, 1.807) is 0 Å². The van der Waals surface area contributed by atoms with Crippen LogP contribution in [0.1, 0.15) is 19.3 Å². The first-order valence-electron chi connectivity index (χ1n) is 4.32. The highest BCUT2D eigenvalue weighted by molar-refractivity contribution is 5.87. The van der Waals surface area contributed by atoms with Gasteiger partial charge in [-0.1, -0.05) is 18.7 Å². The Bertz CT molecular complexity index is 208. The number of hydrogen-bond acceptors (Lipinski definition) is 1. The zero-order chi connectivity index (χ0) is 8.97. The smallest absolute Gasteiger partial charge is 0.245 e. The molecule has 0 N–H and O–H groups in total. The summed E-state index contributed by atoms with van der Waals surface area (Å²) in [5.41, 5.74) is 1.26. The van der Waals surface area contributed by atoms with Crippen LogP contribution in [-0.4, -0.2) is 23.9 Å². The van der Waals surface area contributed by atoms with Crippen molar-refractivity contribution in [2.45, 2.75) is 19.3 Å². The Morgan fingerprint density at radius 3 is 2.83 bits per heavy atom. The molecule has 12 heavy (non-hydrogen) atoms. The average Bonchev–Trinajstić information content (AvgIpc) is 2.29. The van der Waals surface area contributed by atoms with Gasteiger partial charge in [0.05, 0.1) is 0 Å². The predicted octanol–water partition coefficient (Wildman–Crippen LogP) is 1.74. The fraction of sp³-hybridized carbons (Fsp3) is 0.500. The molecule has 0 aromatic rings. The highest BCUT2D eigenvalue weighted by atomic mass is 16.2. The third-order valence-electron chi connectivity index (χ3n) is 2.18. The fourth-order valence-electron chi connectivity index (χ4n) is 1.40. The predicted molar refractivity (Wildman–Crippen MR) is 49.8 cm³/mol. The summed E-state index contributed by atoms with van der Waals surface area (Å²) in [4.78, 5) is 13.0. The third-order valence-corrected chi connectivity index (χ3v) is 2.18. The molecule has 0 atom stereocenters. The Morgan fingerprint density at radius 1 is 1.42 bits per heavy atom. The van der Waals surface area contributed by atoms with Crippen LogP contribution in [0, 0.1) is 0 Å². The molecular formula is C10H15NO. The van der Waals surface area contributed by atoms with Gasteiger partial charge in [0.15, 0.2) is 0 Å². The Kier molecular flexibility index (Phi) is 3.09. The highest BCUT2D eigenvalue weighted by Crippen LogP contribution is 2.14. The molecule has 1 saturated heterocycles. The van der Waals surface area contributed by atoms with Gasteiger partial charge in [0.25, 0.3) is 0 Å². The lowest BCUT2D eigenvalue weighted by molar-refractivity contribution is -0.125. The minimum atomic E-state index is 0.0460. The summed E-state index contributed by atoms with van der Waals surface area (Å²) < 4.78 is 0. The lowest BCUT2D eigenvalue weighted by Gasteiger charge is -2.17. The van der Waals surface area contributed by atoms with E-state index in [4.69, 9.17) is 0 Å². The minimum Gasteiger partial charge on any atom is -0.339 e. The van der Waals surface area contributed by atoms with Crippen LogP contribution in [0.4, 0.5) is 0 Å². The molecule has 1 amide bonds. The number of carbonyl (C=O) groups excluding carboxylic acids is 1. The summed E-state index contributed by atoms with van der Waals surface area (Å²) in [6, 6.07) is 0. The van der Waals surface area contributed by atoms with Gasteiger partial charge >= 0.3 is 0 Å². The Morgan fingerprint density at radius 2 is 2.17 bits per heavy atom. The summed E-state index contributed by atoms with van der Waals surface area (Å²) >= 11 is 0. The van der Waals surface area contributed by atoms with Crippen molar-refractivity contribution in [3.63, 3.8) is 0 Å². The van der Waals surface area contributed by atoms with Crippen LogP contribution in [0.25, 0.3) is 0 Å². The molecule has 0 bridgehead atoms. The molecule has 2 nitrogen and oxygen atoms in total. The molecule has 2 heteroatoms. The van der Waals surface area contributed by atoms with Gasteiger partial charge in [-0.2, -0.15) is 0 Å². The first kappa shape index (κ1) is 9.04. The molecule has 1 fully saturated rings. The monoisotopic (exact) mass is 165 g/mol.